The van der Waals surface area contributed by atoms with Crippen LogP contribution in [-0.2, 0) is 18.3 Å². The maximum atomic E-state index is 13.7. The van der Waals surface area contributed by atoms with Gasteiger partial charge in [0.1, 0.15) is 18.3 Å². The fourth-order valence-electron chi connectivity index (χ4n) is 5.11. The van der Waals surface area contributed by atoms with Gasteiger partial charge >= 0.3 is 8.25 Å². The zero-order valence-electron chi connectivity index (χ0n) is 21.6. The fraction of sp³-hybridized carbons (Fsp3) is 0.296. The lowest BCUT2D eigenvalue weighted by molar-refractivity contribution is -0.0583. The van der Waals surface area contributed by atoms with Gasteiger partial charge in [0.25, 0.3) is 5.56 Å². The normalized spacial score (nSPS) is 24.8. The Balaban J connectivity index is 1.38. The number of fused-ring (bicyclic) bond motifs is 3. The fourth-order valence-corrected chi connectivity index (χ4v) is 6.90. The third-order valence-corrected chi connectivity index (χ3v) is 9.07. The van der Waals surface area contributed by atoms with E-state index in [2.05, 4.69) is 31.0 Å². The monoisotopic (exact) mass is 579 g/mol. The van der Waals surface area contributed by atoms with Crippen LogP contribution in [-0.4, -0.2) is 53.9 Å². The molecule has 40 heavy (non-hydrogen) atoms. The predicted molar refractivity (Wildman–Crippen MR) is 149 cm³/mol. The number of benzene rings is 2. The van der Waals surface area contributed by atoms with E-state index in [0.717, 1.165) is 16.2 Å². The van der Waals surface area contributed by atoms with Gasteiger partial charge in [0.2, 0.25) is 5.78 Å². The van der Waals surface area contributed by atoms with Crippen LogP contribution in [0.1, 0.15) is 31.6 Å². The molecule has 2 aliphatic heterocycles. The average molecular weight is 580 g/mol. The number of aromatic amines is 1. The van der Waals surface area contributed by atoms with E-state index in [1.165, 1.54) is 21.7 Å². The Hall–Kier alpha value is -3.25. The molecule has 7 rings (SSSR count). The molecule has 5 atom stereocenters. The van der Waals surface area contributed by atoms with E-state index in [-0.39, 0.29) is 23.3 Å². The summed E-state index contributed by atoms with van der Waals surface area (Å²) >= 11 is 1.34. The molecule has 0 spiro atoms. The molecule has 0 saturated carbocycles. The molecule has 2 N–H and O–H groups in total. The van der Waals surface area contributed by atoms with Crippen molar-refractivity contribution in [3.8, 4) is 11.3 Å². The highest BCUT2D eigenvalue weighted by Gasteiger charge is 2.50. The molecule has 5 heterocycles. The van der Waals surface area contributed by atoms with Gasteiger partial charge in [-0.25, -0.2) is 9.38 Å². The zero-order valence-corrected chi connectivity index (χ0v) is 23.4. The summed E-state index contributed by atoms with van der Waals surface area (Å²) in [6.45, 7) is 4.29. The molecule has 2 aliphatic rings. The number of aliphatic hydroxyl groups is 1. The first-order valence-electron chi connectivity index (χ1n) is 12.9. The van der Waals surface area contributed by atoms with Gasteiger partial charge in [-0.05, 0) is 29.2 Å². The molecule has 2 aromatic carbocycles. The van der Waals surface area contributed by atoms with Crippen molar-refractivity contribution in [2.45, 2.75) is 54.4 Å². The van der Waals surface area contributed by atoms with Gasteiger partial charge in [0.15, 0.2) is 22.5 Å². The number of hydrogen-bond donors (Lipinski definition) is 2. The minimum atomic E-state index is -2.73. The van der Waals surface area contributed by atoms with E-state index < -0.39 is 32.8 Å². The first kappa shape index (κ1) is 25.7. The lowest BCUT2D eigenvalue weighted by Crippen LogP contribution is -2.37. The minimum Gasteiger partial charge on any atom is -0.386 e. The Morgan fingerprint density at radius 3 is 2.65 bits per heavy atom. The second-order valence-corrected chi connectivity index (χ2v) is 12.2. The highest BCUT2D eigenvalue weighted by atomic mass is 32.2. The zero-order chi connectivity index (χ0) is 27.5. The molecule has 0 bridgehead atoms. The van der Waals surface area contributed by atoms with Gasteiger partial charge in [-0.15, -0.1) is 0 Å². The molecule has 5 aromatic rings. The summed E-state index contributed by atoms with van der Waals surface area (Å²) in [5.41, 5.74) is 2.86. The van der Waals surface area contributed by atoms with Crippen LogP contribution in [0.5, 0.6) is 0 Å². The van der Waals surface area contributed by atoms with Gasteiger partial charge in [0.05, 0.1) is 12.3 Å². The van der Waals surface area contributed by atoms with E-state index in [1.807, 2.05) is 42.5 Å². The van der Waals surface area contributed by atoms with Crippen molar-refractivity contribution in [1.29, 1.82) is 0 Å². The van der Waals surface area contributed by atoms with Gasteiger partial charge in [-0.2, -0.15) is 4.98 Å². The molecule has 13 heteroatoms. The molecule has 2 unspecified atom stereocenters. The van der Waals surface area contributed by atoms with Gasteiger partial charge in [-0.3, -0.25) is 13.9 Å². The summed E-state index contributed by atoms with van der Waals surface area (Å²) in [5, 5.41) is 11.7. The third-order valence-electron chi connectivity index (χ3n) is 7.22. The number of H-pyrrole nitrogens is 1. The van der Waals surface area contributed by atoms with Crippen molar-refractivity contribution < 1.29 is 23.5 Å². The molecular weight excluding hydrogens is 553 g/mol. The van der Waals surface area contributed by atoms with Crippen molar-refractivity contribution >= 4 is 37.0 Å². The second-order valence-electron chi connectivity index (χ2n) is 10.1. The molecule has 0 aliphatic carbocycles. The summed E-state index contributed by atoms with van der Waals surface area (Å²) in [7, 11) is -2.73. The van der Waals surface area contributed by atoms with Crippen molar-refractivity contribution in [2.75, 3.05) is 6.61 Å². The SMILES string of the molecule is CC(C)c1ccc(Sc2nc3c(=O)n4cc(-c5ccccc5)[nH]c4nc3n2[C@@H]2OC3CO[PH](=O)O[C@H]3[C@@H]2O)cc1. The predicted octanol–water partition coefficient (Wildman–Crippen LogP) is 4.38. The summed E-state index contributed by atoms with van der Waals surface area (Å²) in [6.07, 6.45) is -1.96. The van der Waals surface area contributed by atoms with Crippen LogP contribution in [0.4, 0.5) is 0 Å². The maximum Gasteiger partial charge on any atom is 0.319 e. The average Bonchev–Trinajstić information content (AvgIpc) is 3.64. The van der Waals surface area contributed by atoms with E-state index in [9.17, 15) is 14.5 Å². The molecule has 2 saturated heterocycles. The number of ether oxygens (including phenoxy) is 1. The quantitative estimate of drug-likeness (QED) is 0.291. The molecule has 0 radical (unpaired) electrons. The maximum absolute atomic E-state index is 13.7. The second kappa shape index (κ2) is 9.99. The van der Waals surface area contributed by atoms with Crippen LogP contribution in [0.25, 0.3) is 28.2 Å². The summed E-state index contributed by atoms with van der Waals surface area (Å²) in [5.74, 6) is 0.710. The Labute approximate surface area is 233 Å². The number of imidazole rings is 2. The lowest BCUT2D eigenvalue weighted by Gasteiger charge is -2.24. The highest BCUT2D eigenvalue weighted by molar-refractivity contribution is 7.99. The Morgan fingerprint density at radius 2 is 1.90 bits per heavy atom. The van der Waals surface area contributed by atoms with Gasteiger partial charge < -0.3 is 23.9 Å². The summed E-state index contributed by atoms with van der Waals surface area (Å²) in [6, 6.07) is 17.7. The number of nitrogens with one attached hydrogen (secondary N) is 1. The van der Waals surface area contributed by atoms with Crippen molar-refractivity contribution in [2.24, 2.45) is 0 Å². The van der Waals surface area contributed by atoms with Crippen LogP contribution in [0.3, 0.4) is 0 Å². The lowest BCUT2D eigenvalue weighted by atomic mass is 10.0. The molecular formula is C27H26N5O6PS. The van der Waals surface area contributed by atoms with Crippen molar-refractivity contribution in [1.82, 2.24) is 23.9 Å². The number of aliphatic hydroxyl groups excluding tert-OH is 1. The topological polar surface area (TPSA) is 133 Å². The van der Waals surface area contributed by atoms with E-state index in [1.54, 1.807) is 10.8 Å². The summed E-state index contributed by atoms with van der Waals surface area (Å²) in [4.78, 5) is 27.3. The van der Waals surface area contributed by atoms with Gasteiger partial charge in [0, 0.05) is 11.1 Å². The number of rotatable bonds is 5. The Bertz CT molecular complexity index is 1800. The molecule has 2 fully saturated rings. The van der Waals surface area contributed by atoms with Crippen LogP contribution in [0.2, 0.25) is 0 Å². The Kier molecular flexibility index (Phi) is 6.42. The smallest absolute Gasteiger partial charge is 0.319 e. The number of nitrogens with zero attached hydrogens (tertiary/aromatic N) is 4. The van der Waals surface area contributed by atoms with Crippen LogP contribution >= 0.6 is 20.0 Å². The van der Waals surface area contributed by atoms with Crippen LogP contribution < -0.4 is 5.56 Å². The van der Waals surface area contributed by atoms with Crippen molar-refractivity contribution in [3.05, 3.63) is 76.7 Å². The third kappa shape index (κ3) is 4.32. The molecule has 206 valence electrons. The van der Waals surface area contributed by atoms with E-state index in [4.69, 9.17) is 23.8 Å². The molecule has 3 aromatic heterocycles. The van der Waals surface area contributed by atoms with E-state index >= 15 is 0 Å². The summed E-state index contributed by atoms with van der Waals surface area (Å²) < 4.78 is 31.7. The standard InChI is InChI=1S/C27H26N5O6PS/c1-14(2)15-8-10-17(11-9-15)40-27-29-20-23(32(27)25-21(33)22-19(37-25)13-36-39(35)38-22)30-26-28-18(12-31(26)24(20)34)16-6-4-3-5-7-16/h3-12,14,19,21-22,25,33,39H,13H2,1-2H3,(H,28,30)/t19?,21-,22+,25+/m0/s1. The number of hydrogen-bond acceptors (Lipinski definition) is 9. The van der Waals surface area contributed by atoms with Crippen molar-refractivity contribution in [3.63, 3.8) is 0 Å². The van der Waals surface area contributed by atoms with Crippen LogP contribution in [0, 0.1) is 0 Å². The first-order valence-corrected chi connectivity index (χ1v) is 14.9. The van der Waals surface area contributed by atoms with E-state index in [0.29, 0.717) is 16.9 Å². The minimum absolute atomic E-state index is 0.0270. The molecule has 0 amide bonds. The number of aromatic nitrogens is 5. The first-order chi connectivity index (χ1) is 19.4. The Morgan fingerprint density at radius 1 is 1.12 bits per heavy atom. The van der Waals surface area contributed by atoms with Crippen LogP contribution in [0.15, 0.2) is 75.6 Å². The largest absolute Gasteiger partial charge is 0.386 e. The molecule has 11 nitrogen and oxygen atoms in total. The van der Waals surface area contributed by atoms with Gasteiger partial charge in [-0.1, -0.05) is 68.1 Å². The highest BCUT2D eigenvalue weighted by Crippen LogP contribution is 2.44.